The Bertz CT molecular complexity index is 835. The fourth-order valence-corrected chi connectivity index (χ4v) is 5.06. The van der Waals surface area contributed by atoms with Gasteiger partial charge in [0.1, 0.15) is 5.78 Å². The van der Waals surface area contributed by atoms with Crippen LogP contribution in [0.5, 0.6) is 0 Å². The highest BCUT2D eigenvalue weighted by Crippen LogP contribution is 2.41. The van der Waals surface area contributed by atoms with E-state index in [0.717, 1.165) is 36.1 Å². The third kappa shape index (κ3) is 4.20. The maximum absolute atomic E-state index is 12.7. The van der Waals surface area contributed by atoms with Crippen LogP contribution in [0.25, 0.3) is 11.5 Å². The average Bonchev–Trinajstić information content (AvgIpc) is 3.07. The lowest BCUT2D eigenvalue weighted by Crippen LogP contribution is -2.21. The quantitative estimate of drug-likeness (QED) is 0.785. The number of fused-ring (bicyclic) bond motifs is 1. The number of hydrogen-bond donors (Lipinski definition) is 1. The molecule has 0 bridgehead atoms. The van der Waals surface area contributed by atoms with Gasteiger partial charge in [-0.2, -0.15) is 4.98 Å². The molecule has 0 saturated heterocycles. The van der Waals surface area contributed by atoms with Gasteiger partial charge < -0.3 is 9.63 Å². The van der Waals surface area contributed by atoms with E-state index in [1.165, 1.54) is 10.4 Å². The van der Waals surface area contributed by atoms with Gasteiger partial charge in [-0.3, -0.25) is 9.59 Å². The molecule has 2 heterocycles. The zero-order chi connectivity index (χ0) is 18.9. The molecule has 26 heavy (non-hydrogen) atoms. The van der Waals surface area contributed by atoms with Crippen LogP contribution in [0.15, 0.2) is 4.52 Å². The van der Waals surface area contributed by atoms with Gasteiger partial charge in [0.25, 0.3) is 5.89 Å². The largest absolute Gasteiger partial charge is 0.481 e. The van der Waals surface area contributed by atoms with Crippen LogP contribution in [0.4, 0.5) is 0 Å². The maximum Gasteiger partial charge on any atom is 0.303 e. The van der Waals surface area contributed by atoms with Gasteiger partial charge in [0.2, 0.25) is 0 Å². The Hall–Kier alpha value is -2.02. The molecule has 1 N–H and O–H groups in total. The lowest BCUT2D eigenvalue weighted by molar-refractivity contribution is -0.139. The summed E-state index contributed by atoms with van der Waals surface area (Å²) in [6.07, 6.45) is 4.80. The van der Waals surface area contributed by atoms with Crippen molar-refractivity contribution in [3.05, 3.63) is 21.1 Å². The van der Waals surface area contributed by atoms with Crippen molar-refractivity contribution >= 4 is 23.1 Å². The molecule has 3 rings (SSSR count). The summed E-state index contributed by atoms with van der Waals surface area (Å²) in [6.45, 7) is 5.42. The number of carbonyl (C=O) groups is 2. The number of aliphatic carboxylic acids is 1. The Morgan fingerprint density at radius 3 is 2.62 bits per heavy atom. The van der Waals surface area contributed by atoms with E-state index >= 15 is 0 Å². The predicted octanol–water partition coefficient (Wildman–Crippen LogP) is 3.99. The molecule has 0 amide bonds. The Morgan fingerprint density at radius 1 is 1.23 bits per heavy atom. The second-order valence-electron chi connectivity index (χ2n) is 7.78. The normalized spacial score (nSPS) is 14.3. The van der Waals surface area contributed by atoms with E-state index in [0.29, 0.717) is 11.7 Å². The second-order valence-corrected chi connectivity index (χ2v) is 8.97. The molecule has 7 heteroatoms. The van der Waals surface area contributed by atoms with Crippen LogP contribution in [0.3, 0.4) is 0 Å². The van der Waals surface area contributed by atoms with Crippen molar-refractivity contribution in [2.24, 2.45) is 5.41 Å². The standard InChI is InChI=1S/C19H24N2O4S/c1-11-20-18(25-21-11)17-13-6-4-5-7-14(13)26-15(17)8-12(22)9-19(2,3)10-16(23)24/h4-10H2,1-3H3,(H,23,24). The van der Waals surface area contributed by atoms with Gasteiger partial charge in [-0.1, -0.05) is 19.0 Å². The summed E-state index contributed by atoms with van der Waals surface area (Å²) in [5.41, 5.74) is 1.63. The van der Waals surface area contributed by atoms with Gasteiger partial charge in [-0.05, 0) is 43.6 Å². The van der Waals surface area contributed by atoms with E-state index in [2.05, 4.69) is 10.1 Å². The Labute approximate surface area is 156 Å². The smallest absolute Gasteiger partial charge is 0.303 e. The van der Waals surface area contributed by atoms with E-state index in [1.807, 2.05) is 13.8 Å². The number of carboxylic acid groups (broad SMARTS) is 1. The molecule has 2 aromatic heterocycles. The monoisotopic (exact) mass is 376 g/mol. The molecule has 140 valence electrons. The fraction of sp³-hybridized carbons (Fsp3) is 0.579. The first-order valence-electron chi connectivity index (χ1n) is 8.93. The summed E-state index contributed by atoms with van der Waals surface area (Å²) in [7, 11) is 0. The van der Waals surface area contributed by atoms with Crippen molar-refractivity contribution in [1.82, 2.24) is 10.1 Å². The van der Waals surface area contributed by atoms with Crippen LogP contribution >= 0.6 is 11.3 Å². The minimum Gasteiger partial charge on any atom is -0.481 e. The molecule has 0 fully saturated rings. The van der Waals surface area contributed by atoms with Crippen LogP contribution in [0.2, 0.25) is 0 Å². The Morgan fingerprint density at radius 2 is 1.96 bits per heavy atom. The molecular formula is C19H24N2O4S. The predicted molar refractivity (Wildman–Crippen MR) is 98.4 cm³/mol. The molecule has 0 atom stereocenters. The summed E-state index contributed by atoms with van der Waals surface area (Å²) in [6, 6.07) is 0. The summed E-state index contributed by atoms with van der Waals surface area (Å²) in [4.78, 5) is 30.3. The van der Waals surface area contributed by atoms with Crippen LogP contribution in [0, 0.1) is 12.3 Å². The molecule has 6 nitrogen and oxygen atoms in total. The Balaban J connectivity index is 1.87. The first-order valence-corrected chi connectivity index (χ1v) is 9.74. The summed E-state index contributed by atoms with van der Waals surface area (Å²) in [5, 5.41) is 12.9. The highest BCUT2D eigenvalue weighted by atomic mass is 32.1. The minimum absolute atomic E-state index is 0.0185. The molecule has 0 aliphatic heterocycles. The van der Waals surface area contributed by atoms with Gasteiger partial charge in [-0.15, -0.1) is 11.3 Å². The SMILES string of the molecule is Cc1noc(-c2c(CC(=O)CC(C)(C)CC(=O)O)sc3c2CCCC3)n1. The van der Waals surface area contributed by atoms with Gasteiger partial charge in [0, 0.05) is 22.6 Å². The van der Waals surface area contributed by atoms with E-state index in [9.17, 15) is 9.59 Å². The van der Waals surface area contributed by atoms with Crippen LogP contribution in [-0.2, 0) is 28.9 Å². The van der Waals surface area contributed by atoms with Crippen molar-refractivity contribution in [3.8, 4) is 11.5 Å². The lowest BCUT2D eigenvalue weighted by atomic mass is 9.83. The van der Waals surface area contributed by atoms with Gasteiger partial charge in [0.05, 0.1) is 12.0 Å². The Kier molecular flexibility index (Phi) is 5.27. The number of aryl methyl sites for hydroxylation is 2. The fourth-order valence-electron chi connectivity index (χ4n) is 3.64. The first kappa shape index (κ1) is 18.8. The van der Waals surface area contributed by atoms with Crippen LogP contribution < -0.4 is 0 Å². The molecular weight excluding hydrogens is 352 g/mol. The van der Waals surface area contributed by atoms with Crippen LogP contribution in [-0.4, -0.2) is 27.0 Å². The highest BCUT2D eigenvalue weighted by Gasteiger charge is 2.29. The van der Waals surface area contributed by atoms with Crippen molar-refractivity contribution < 1.29 is 19.2 Å². The summed E-state index contributed by atoms with van der Waals surface area (Å²) < 4.78 is 5.41. The number of carbonyl (C=O) groups excluding carboxylic acids is 1. The molecule has 2 aromatic rings. The number of thiophene rings is 1. The van der Waals surface area contributed by atoms with Gasteiger partial charge in [-0.25, -0.2) is 0 Å². The van der Waals surface area contributed by atoms with E-state index in [-0.39, 0.29) is 25.0 Å². The van der Waals surface area contributed by atoms with Crippen molar-refractivity contribution in [1.29, 1.82) is 0 Å². The number of rotatable bonds is 7. The van der Waals surface area contributed by atoms with Gasteiger partial charge >= 0.3 is 5.97 Å². The molecule has 0 radical (unpaired) electrons. The van der Waals surface area contributed by atoms with Crippen molar-refractivity contribution in [3.63, 3.8) is 0 Å². The second kappa shape index (κ2) is 7.31. The molecule has 0 unspecified atom stereocenters. The number of Topliss-reactive ketones (excluding diaryl/α,β-unsaturated/α-hetero) is 1. The lowest BCUT2D eigenvalue weighted by Gasteiger charge is -2.21. The van der Waals surface area contributed by atoms with E-state index in [4.69, 9.17) is 9.63 Å². The van der Waals surface area contributed by atoms with E-state index in [1.54, 1.807) is 18.3 Å². The average molecular weight is 376 g/mol. The topological polar surface area (TPSA) is 93.3 Å². The molecule has 1 aliphatic carbocycles. The maximum atomic E-state index is 12.7. The molecule has 0 aromatic carbocycles. The van der Waals surface area contributed by atoms with Gasteiger partial charge in [0.15, 0.2) is 5.82 Å². The third-order valence-electron chi connectivity index (χ3n) is 4.65. The number of aromatic nitrogens is 2. The van der Waals surface area contributed by atoms with Crippen LogP contribution in [0.1, 0.15) is 60.7 Å². The number of hydrogen-bond acceptors (Lipinski definition) is 6. The highest BCUT2D eigenvalue weighted by molar-refractivity contribution is 7.12. The first-order chi connectivity index (χ1) is 12.2. The number of carboxylic acids is 1. The zero-order valence-corrected chi connectivity index (χ0v) is 16.2. The minimum atomic E-state index is -0.878. The van der Waals surface area contributed by atoms with Crippen molar-refractivity contribution in [2.75, 3.05) is 0 Å². The van der Waals surface area contributed by atoms with E-state index < -0.39 is 11.4 Å². The number of nitrogens with zero attached hydrogens (tertiary/aromatic N) is 2. The third-order valence-corrected chi connectivity index (χ3v) is 5.94. The number of ketones is 1. The summed E-state index contributed by atoms with van der Waals surface area (Å²) in [5.74, 6) is 0.244. The zero-order valence-electron chi connectivity index (χ0n) is 15.4. The molecule has 1 aliphatic rings. The summed E-state index contributed by atoms with van der Waals surface area (Å²) >= 11 is 1.67. The van der Waals surface area contributed by atoms with Crippen molar-refractivity contribution in [2.45, 2.75) is 65.7 Å². The molecule has 0 spiro atoms. The molecule has 0 saturated carbocycles.